The standard InChI is InChI=1S/C12H11NO3/c1-16-12(15)7-13-5-4-10-3-2-9(8-14)6-11(10)13/h2-6,8H,7H2,1H3. The summed E-state index contributed by atoms with van der Waals surface area (Å²) < 4.78 is 6.36. The Bertz CT molecular complexity index is 542. The predicted octanol–water partition coefficient (Wildman–Crippen LogP) is 1.63. The Kier molecular flexibility index (Phi) is 2.72. The van der Waals surface area contributed by atoms with Gasteiger partial charge in [-0.15, -0.1) is 0 Å². The van der Waals surface area contributed by atoms with Gasteiger partial charge in [0.25, 0.3) is 0 Å². The first-order valence-electron chi connectivity index (χ1n) is 4.85. The summed E-state index contributed by atoms with van der Waals surface area (Å²) in [5, 5.41) is 0.995. The number of aromatic nitrogens is 1. The van der Waals surface area contributed by atoms with Crippen LogP contribution < -0.4 is 0 Å². The van der Waals surface area contributed by atoms with Crippen molar-refractivity contribution in [1.82, 2.24) is 4.57 Å². The first-order chi connectivity index (χ1) is 7.74. The molecule has 0 radical (unpaired) electrons. The van der Waals surface area contributed by atoms with Crippen LogP contribution in [0.2, 0.25) is 0 Å². The zero-order valence-corrected chi connectivity index (χ0v) is 8.84. The molecule has 0 amide bonds. The Labute approximate surface area is 92.4 Å². The van der Waals surface area contributed by atoms with Crippen molar-refractivity contribution in [3.05, 3.63) is 36.0 Å². The van der Waals surface area contributed by atoms with Crippen molar-refractivity contribution in [3.63, 3.8) is 0 Å². The van der Waals surface area contributed by atoms with Gasteiger partial charge in [0.1, 0.15) is 12.8 Å². The lowest BCUT2D eigenvalue weighted by molar-refractivity contribution is -0.141. The molecule has 0 bridgehead atoms. The Morgan fingerprint density at radius 2 is 2.25 bits per heavy atom. The number of fused-ring (bicyclic) bond motifs is 1. The largest absolute Gasteiger partial charge is 0.468 e. The molecule has 0 saturated heterocycles. The number of esters is 1. The third-order valence-electron chi connectivity index (χ3n) is 2.46. The third-order valence-corrected chi connectivity index (χ3v) is 2.46. The van der Waals surface area contributed by atoms with Crippen LogP contribution in [0.4, 0.5) is 0 Å². The van der Waals surface area contributed by atoms with E-state index in [9.17, 15) is 9.59 Å². The highest BCUT2D eigenvalue weighted by Crippen LogP contribution is 2.17. The number of ether oxygens (including phenoxy) is 1. The summed E-state index contributed by atoms with van der Waals surface area (Å²) in [6, 6.07) is 7.25. The van der Waals surface area contributed by atoms with E-state index in [-0.39, 0.29) is 12.5 Å². The second kappa shape index (κ2) is 4.18. The van der Waals surface area contributed by atoms with Gasteiger partial charge in [-0.2, -0.15) is 0 Å². The molecule has 0 aliphatic carbocycles. The zero-order chi connectivity index (χ0) is 11.5. The summed E-state index contributed by atoms with van der Waals surface area (Å²) in [4.78, 5) is 21.8. The summed E-state index contributed by atoms with van der Waals surface area (Å²) in [7, 11) is 1.35. The van der Waals surface area contributed by atoms with Gasteiger partial charge in [-0.1, -0.05) is 12.1 Å². The van der Waals surface area contributed by atoms with Crippen molar-refractivity contribution < 1.29 is 14.3 Å². The molecular formula is C12H11NO3. The van der Waals surface area contributed by atoms with Crippen LogP contribution in [0.3, 0.4) is 0 Å². The number of hydrogen-bond donors (Lipinski definition) is 0. The van der Waals surface area contributed by atoms with Gasteiger partial charge in [-0.25, -0.2) is 0 Å². The van der Waals surface area contributed by atoms with Crippen molar-refractivity contribution in [3.8, 4) is 0 Å². The number of benzene rings is 1. The van der Waals surface area contributed by atoms with Crippen molar-refractivity contribution in [2.24, 2.45) is 0 Å². The highest BCUT2D eigenvalue weighted by atomic mass is 16.5. The first kappa shape index (κ1) is 10.4. The monoisotopic (exact) mass is 217 g/mol. The normalized spacial score (nSPS) is 10.3. The fraction of sp³-hybridized carbons (Fsp3) is 0.167. The van der Waals surface area contributed by atoms with Crippen LogP contribution in [-0.4, -0.2) is 23.9 Å². The van der Waals surface area contributed by atoms with Gasteiger partial charge in [-0.3, -0.25) is 9.59 Å². The average molecular weight is 217 g/mol. The zero-order valence-electron chi connectivity index (χ0n) is 8.84. The molecule has 0 unspecified atom stereocenters. The third kappa shape index (κ3) is 1.82. The number of hydrogen-bond acceptors (Lipinski definition) is 3. The van der Waals surface area contributed by atoms with E-state index in [0.29, 0.717) is 5.56 Å². The molecule has 4 heteroatoms. The van der Waals surface area contributed by atoms with Gasteiger partial charge in [0.15, 0.2) is 0 Å². The molecule has 82 valence electrons. The number of carbonyl (C=O) groups is 2. The maximum Gasteiger partial charge on any atom is 0.325 e. The molecule has 1 heterocycles. The van der Waals surface area contributed by atoms with E-state index in [1.54, 1.807) is 22.9 Å². The molecule has 4 nitrogen and oxygen atoms in total. The summed E-state index contributed by atoms with van der Waals surface area (Å²) in [6.07, 6.45) is 2.59. The molecule has 0 atom stereocenters. The van der Waals surface area contributed by atoms with Gasteiger partial charge in [0.05, 0.1) is 7.11 Å². The van der Waals surface area contributed by atoms with Crippen molar-refractivity contribution in [2.75, 3.05) is 7.11 Å². The smallest absolute Gasteiger partial charge is 0.325 e. The quantitative estimate of drug-likeness (QED) is 0.580. The maximum absolute atomic E-state index is 11.2. The molecule has 0 N–H and O–H groups in total. The number of aldehydes is 1. The summed E-state index contributed by atoms with van der Waals surface area (Å²) in [5.74, 6) is -0.311. The Hall–Kier alpha value is -2.10. The van der Waals surface area contributed by atoms with Gasteiger partial charge < -0.3 is 9.30 Å². The van der Waals surface area contributed by atoms with Gasteiger partial charge in [0.2, 0.25) is 0 Å². The lowest BCUT2D eigenvalue weighted by Crippen LogP contribution is -2.10. The molecule has 2 aromatic rings. The molecule has 0 aliphatic rings. The van der Waals surface area contributed by atoms with Gasteiger partial charge in [-0.05, 0) is 17.5 Å². The van der Waals surface area contributed by atoms with Crippen LogP contribution in [0.5, 0.6) is 0 Å². The van der Waals surface area contributed by atoms with E-state index >= 15 is 0 Å². The Morgan fingerprint density at radius 3 is 2.94 bits per heavy atom. The van der Waals surface area contributed by atoms with Crippen LogP contribution in [0.15, 0.2) is 30.5 Å². The highest BCUT2D eigenvalue weighted by molar-refractivity contribution is 5.88. The summed E-state index contributed by atoms with van der Waals surface area (Å²) in [5.41, 5.74) is 1.45. The van der Waals surface area contributed by atoms with E-state index < -0.39 is 0 Å². The number of nitrogens with zero attached hydrogens (tertiary/aromatic N) is 1. The second-order valence-corrected chi connectivity index (χ2v) is 3.46. The number of carbonyl (C=O) groups excluding carboxylic acids is 2. The molecule has 1 aromatic heterocycles. The van der Waals surface area contributed by atoms with Gasteiger partial charge >= 0.3 is 5.97 Å². The van der Waals surface area contributed by atoms with Crippen LogP contribution in [0.25, 0.3) is 10.9 Å². The Morgan fingerprint density at radius 1 is 1.44 bits per heavy atom. The minimum Gasteiger partial charge on any atom is -0.468 e. The van der Waals surface area contributed by atoms with Crippen molar-refractivity contribution in [1.29, 1.82) is 0 Å². The molecule has 0 saturated carbocycles. The van der Waals surface area contributed by atoms with Crippen LogP contribution in [0.1, 0.15) is 10.4 Å². The van der Waals surface area contributed by atoms with E-state index in [0.717, 1.165) is 17.2 Å². The van der Waals surface area contributed by atoms with Crippen molar-refractivity contribution in [2.45, 2.75) is 6.54 Å². The van der Waals surface area contributed by atoms with Crippen LogP contribution >= 0.6 is 0 Å². The maximum atomic E-state index is 11.2. The topological polar surface area (TPSA) is 48.3 Å². The SMILES string of the molecule is COC(=O)Cn1ccc2ccc(C=O)cc21. The Balaban J connectivity index is 2.45. The molecule has 1 aromatic carbocycles. The van der Waals surface area contributed by atoms with Crippen molar-refractivity contribution >= 4 is 23.2 Å². The van der Waals surface area contributed by atoms with Crippen LogP contribution in [0, 0.1) is 0 Å². The van der Waals surface area contributed by atoms with E-state index in [2.05, 4.69) is 4.74 Å². The lowest BCUT2D eigenvalue weighted by atomic mass is 10.2. The molecule has 0 aliphatic heterocycles. The van der Waals surface area contributed by atoms with E-state index in [4.69, 9.17) is 0 Å². The molecule has 16 heavy (non-hydrogen) atoms. The number of methoxy groups -OCH3 is 1. The fourth-order valence-corrected chi connectivity index (χ4v) is 1.62. The highest BCUT2D eigenvalue weighted by Gasteiger charge is 2.06. The first-order valence-corrected chi connectivity index (χ1v) is 4.85. The van der Waals surface area contributed by atoms with Crippen LogP contribution in [-0.2, 0) is 16.1 Å². The molecule has 0 fully saturated rings. The lowest BCUT2D eigenvalue weighted by Gasteiger charge is -2.03. The average Bonchev–Trinajstić information content (AvgIpc) is 2.71. The van der Waals surface area contributed by atoms with E-state index in [1.165, 1.54) is 7.11 Å². The van der Waals surface area contributed by atoms with Gasteiger partial charge in [0, 0.05) is 17.3 Å². The summed E-state index contributed by atoms with van der Waals surface area (Å²) >= 11 is 0. The minimum absolute atomic E-state index is 0.155. The molecule has 2 rings (SSSR count). The fourth-order valence-electron chi connectivity index (χ4n) is 1.62. The molecular weight excluding hydrogens is 206 g/mol. The summed E-state index contributed by atoms with van der Waals surface area (Å²) in [6.45, 7) is 0.155. The minimum atomic E-state index is -0.311. The molecule has 0 spiro atoms. The number of rotatable bonds is 3. The predicted molar refractivity (Wildman–Crippen MR) is 59.3 cm³/mol. The second-order valence-electron chi connectivity index (χ2n) is 3.46. The van der Waals surface area contributed by atoms with E-state index in [1.807, 2.05) is 12.1 Å².